The topological polar surface area (TPSA) is 176 Å². The number of anilines is 1. The van der Waals surface area contributed by atoms with Crippen LogP contribution in [0.2, 0.25) is 0 Å². The molecule has 0 spiro atoms. The second kappa shape index (κ2) is 7.44. The number of ether oxygens (including phenoxy) is 1. The Morgan fingerprint density at radius 1 is 1.56 bits per heavy atom. The third-order valence-corrected chi connectivity index (χ3v) is 5.84. The molecule has 2 aliphatic rings. The summed E-state index contributed by atoms with van der Waals surface area (Å²) < 4.78 is 5.10. The van der Waals surface area contributed by atoms with Gasteiger partial charge in [-0.05, 0) is 6.92 Å². The van der Waals surface area contributed by atoms with Gasteiger partial charge in [0.1, 0.15) is 22.9 Å². The summed E-state index contributed by atoms with van der Waals surface area (Å²) in [6.07, 6.45) is -0.380. The van der Waals surface area contributed by atoms with Crippen molar-refractivity contribution in [1.82, 2.24) is 15.6 Å². The molecule has 3 unspecified atom stereocenters. The van der Waals surface area contributed by atoms with Gasteiger partial charge in [0.25, 0.3) is 5.91 Å². The first-order valence-electron chi connectivity index (χ1n) is 7.61. The van der Waals surface area contributed by atoms with Crippen molar-refractivity contribution < 1.29 is 29.4 Å². The monoisotopic (exact) mass is 413 g/mol. The number of carboxylic acids is 1. The third kappa shape index (κ3) is 3.68. The summed E-state index contributed by atoms with van der Waals surface area (Å²) in [6.45, 7) is 1.73. The number of hydrogen-bond donors (Lipinski definition) is 5. The predicted molar refractivity (Wildman–Crippen MR) is 96.4 cm³/mol. The maximum absolute atomic E-state index is 12.4. The molecule has 0 saturated heterocycles. The first kappa shape index (κ1) is 19.0. The van der Waals surface area contributed by atoms with Crippen LogP contribution >= 0.6 is 23.1 Å². The number of rotatable bonds is 5. The second-order valence-electron chi connectivity index (χ2n) is 5.63. The number of nitrogens with zero attached hydrogens (tertiary/aromatic N) is 2. The Morgan fingerprint density at radius 3 is 2.89 bits per heavy atom. The van der Waals surface area contributed by atoms with E-state index in [4.69, 9.17) is 15.7 Å². The third-order valence-electron chi connectivity index (χ3n) is 3.94. The molecule has 1 aromatic rings. The van der Waals surface area contributed by atoms with E-state index >= 15 is 0 Å². The van der Waals surface area contributed by atoms with Crippen molar-refractivity contribution in [2.75, 3.05) is 11.5 Å². The number of hydrogen-bond acceptors (Lipinski definition) is 11. The van der Waals surface area contributed by atoms with E-state index in [-0.39, 0.29) is 22.6 Å². The molecule has 3 heterocycles. The molecule has 0 aromatic carbocycles. The smallest absolute Gasteiger partial charge is 0.355 e. The average Bonchev–Trinajstić information content (AvgIpc) is 3.16. The quantitative estimate of drug-likeness (QED) is 0.180. The van der Waals surface area contributed by atoms with E-state index in [1.807, 2.05) is 0 Å². The van der Waals surface area contributed by atoms with Gasteiger partial charge in [-0.25, -0.2) is 14.6 Å². The number of oxime groups is 1. The maximum Gasteiger partial charge on any atom is 0.355 e. The number of nitrogen functional groups attached to an aromatic ring is 1. The molecular formula is C14H15N5O6S2. The summed E-state index contributed by atoms with van der Waals surface area (Å²) in [7, 11) is 0. The first-order valence-corrected chi connectivity index (χ1v) is 9.54. The normalized spacial score (nSPS) is 23.3. The van der Waals surface area contributed by atoms with Crippen LogP contribution in [0.5, 0.6) is 0 Å². The molecule has 6 N–H and O–H groups in total. The van der Waals surface area contributed by atoms with Gasteiger partial charge in [0.15, 0.2) is 16.9 Å². The molecule has 0 aliphatic carbocycles. The van der Waals surface area contributed by atoms with E-state index < -0.39 is 35.0 Å². The van der Waals surface area contributed by atoms with Gasteiger partial charge in [-0.1, -0.05) is 5.16 Å². The van der Waals surface area contributed by atoms with Crippen molar-refractivity contribution in [3.8, 4) is 0 Å². The Morgan fingerprint density at radius 2 is 2.30 bits per heavy atom. The summed E-state index contributed by atoms with van der Waals surface area (Å²) >= 11 is 2.24. The molecule has 0 bridgehead atoms. The van der Waals surface area contributed by atoms with Gasteiger partial charge in [-0.2, -0.15) is 0 Å². The van der Waals surface area contributed by atoms with Crippen molar-refractivity contribution in [2.24, 2.45) is 5.16 Å². The number of carbonyl (C=O) groups is 3. The standard InChI is InChI=1S/C14H15N5O6S2/c1-4-5-2-26-11(18-7(5)13(23)25-4)9(12(21)22)17-10(20)8(19-24)6-3-27-14(15)16-6/h3-4,9,11,18,24H,2H2,1H3,(H2,15,16)(H,17,20)(H,21,22)/b19-8-. The number of aromatic nitrogens is 1. The molecule has 144 valence electrons. The first-order chi connectivity index (χ1) is 12.8. The molecule has 2 aliphatic heterocycles. The van der Waals surface area contributed by atoms with Crippen LogP contribution in [-0.4, -0.2) is 62.1 Å². The largest absolute Gasteiger partial charge is 0.480 e. The van der Waals surface area contributed by atoms with E-state index in [1.54, 1.807) is 6.92 Å². The minimum absolute atomic E-state index is 0.0177. The fourth-order valence-electron chi connectivity index (χ4n) is 2.60. The highest BCUT2D eigenvalue weighted by atomic mass is 32.2. The van der Waals surface area contributed by atoms with Gasteiger partial charge in [-0.15, -0.1) is 23.1 Å². The van der Waals surface area contributed by atoms with E-state index in [0.29, 0.717) is 5.75 Å². The summed E-state index contributed by atoms with van der Waals surface area (Å²) in [6, 6.07) is -1.41. The van der Waals surface area contributed by atoms with Crippen LogP contribution in [0.1, 0.15) is 12.6 Å². The summed E-state index contributed by atoms with van der Waals surface area (Å²) in [5.41, 5.74) is 6.00. The van der Waals surface area contributed by atoms with Crippen LogP contribution < -0.4 is 16.4 Å². The Labute approximate surface area is 160 Å². The van der Waals surface area contributed by atoms with Crippen molar-refractivity contribution >= 4 is 51.8 Å². The van der Waals surface area contributed by atoms with Crippen LogP contribution in [0.25, 0.3) is 0 Å². The summed E-state index contributed by atoms with van der Waals surface area (Å²) in [4.78, 5) is 39.8. The molecule has 0 radical (unpaired) electrons. The Kier molecular flexibility index (Phi) is 5.23. The number of aliphatic carboxylic acids is 1. The number of nitrogens with two attached hydrogens (primary N) is 1. The highest BCUT2D eigenvalue weighted by Gasteiger charge is 2.41. The molecule has 11 nitrogen and oxygen atoms in total. The Bertz CT molecular complexity index is 866. The molecule has 1 aromatic heterocycles. The lowest BCUT2D eigenvalue weighted by atomic mass is 10.1. The Balaban J connectivity index is 1.77. The maximum atomic E-state index is 12.4. The zero-order chi connectivity index (χ0) is 19.7. The van der Waals surface area contributed by atoms with Gasteiger partial charge in [0, 0.05) is 16.7 Å². The highest BCUT2D eigenvalue weighted by molar-refractivity contribution is 8.00. The zero-order valence-electron chi connectivity index (χ0n) is 13.8. The lowest BCUT2D eigenvalue weighted by Gasteiger charge is -2.29. The number of thioether (sulfide) groups is 1. The second-order valence-corrected chi connectivity index (χ2v) is 7.65. The number of esters is 1. The van der Waals surface area contributed by atoms with Gasteiger partial charge in [-0.3, -0.25) is 4.79 Å². The number of thiazole rings is 1. The van der Waals surface area contributed by atoms with Crippen LogP contribution in [0.15, 0.2) is 21.8 Å². The molecule has 3 atom stereocenters. The van der Waals surface area contributed by atoms with E-state index in [9.17, 15) is 19.5 Å². The van der Waals surface area contributed by atoms with E-state index in [0.717, 1.165) is 16.9 Å². The van der Waals surface area contributed by atoms with Crippen LogP contribution in [0.4, 0.5) is 5.13 Å². The predicted octanol–water partition coefficient (Wildman–Crippen LogP) is -0.665. The lowest BCUT2D eigenvalue weighted by Crippen LogP contribution is -2.55. The highest BCUT2D eigenvalue weighted by Crippen LogP contribution is 2.32. The number of nitrogens with one attached hydrogen (secondary N) is 2. The molecule has 1 amide bonds. The van der Waals surface area contributed by atoms with Gasteiger partial charge in [0.05, 0.1) is 0 Å². The van der Waals surface area contributed by atoms with Crippen molar-refractivity contribution in [3.63, 3.8) is 0 Å². The minimum atomic E-state index is -1.41. The zero-order valence-corrected chi connectivity index (χ0v) is 15.5. The Hall–Kier alpha value is -2.80. The van der Waals surface area contributed by atoms with E-state index in [1.165, 1.54) is 17.1 Å². The average molecular weight is 413 g/mol. The summed E-state index contributed by atoms with van der Waals surface area (Å²) in [5.74, 6) is -2.45. The number of cyclic esters (lactones) is 1. The van der Waals surface area contributed by atoms with Crippen molar-refractivity contribution in [2.45, 2.75) is 24.4 Å². The minimum Gasteiger partial charge on any atom is -0.480 e. The molecule has 3 rings (SSSR count). The van der Waals surface area contributed by atoms with Gasteiger partial charge >= 0.3 is 11.9 Å². The van der Waals surface area contributed by atoms with Gasteiger partial charge in [0.2, 0.25) is 0 Å². The molecule has 0 saturated carbocycles. The molecular weight excluding hydrogens is 398 g/mol. The molecule has 0 fully saturated rings. The lowest BCUT2D eigenvalue weighted by molar-refractivity contribution is -0.142. The number of carbonyl (C=O) groups excluding carboxylic acids is 2. The summed E-state index contributed by atoms with van der Waals surface area (Å²) in [5, 5.41) is 27.4. The molecule has 27 heavy (non-hydrogen) atoms. The van der Waals surface area contributed by atoms with E-state index in [2.05, 4.69) is 20.8 Å². The number of amides is 1. The molecule has 13 heteroatoms. The SMILES string of the molecule is CC1OC(=O)C2=C1CSC(C(NC(=O)/C(=N\O)c1csc(N)n1)C(=O)O)N2. The van der Waals surface area contributed by atoms with Gasteiger partial charge < -0.3 is 31.4 Å². The van der Waals surface area contributed by atoms with Crippen LogP contribution in [-0.2, 0) is 19.1 Å². The van der Waals surface area contributed by atoms with Crippen LogP contribution in [0, 0.1) is 0 Å². The fourth-order valence-corrected chi connectivity index (χ4v) is 4.46. The van der Waals surface area contributed by atoms with Crippen molar-refractivity contribution in [3.05, 3.63) is 22.3 Å². The van der Waals surface area contributed by atoms with Crippen molar-refractivity contribution in [1.29, 1.82) is 0 Å². The fraction of sp³-hybridized carbons (Fsp3) is 0.357. The number of carboxylic acid groups (broad SMARTS) is 1. The van der Waals surface area contributed by atoms with Crippen LogP contribution in [0.3, 0.4) is 0 Å².